The molecule has 1 unspecified atom stereocenters. The number of aromatic nitrogens is 1. The third-order valence-electron chi connectivity index (χ3n) is 5.69. The van der Waals surface area contributed by atoms with Crippen molar-refractivity contribution in [3.05, 3.63) is 118 Å². The monoisotopic (exact) mass is 527 g/mol. The number of carbonyl (C=O) groups excluding carboxylic acids is 1. The summed E-state index contributed by atoms with van der Waals surface area (Å²) in [4.78, 5) is 39.5. The van der Waals surface area contributed by atoms with E-state index in [0.717, 1.165) is 11.3 Å². The van der Waals surface area contributed by atoms with E-state index in [2.05, 4.69) is 10.3 Å². The van der Waals surface area contributed by atoms with E-state index in [1.165, 1.54) is 12.1 Å². The zero-order chi connectivity index (χ0) is 27.6. The Kier molecular flexibility index (Phi) is 8.81. The van der Waals surface area contributed by atoms with Gasteiger partial charge in [0.1, 0.15) is 12.4 Å². The lowest BCUT2D eigenvalue weighted by Gasteiger charge is -2.15. The fraction of sp³-hybridized carbons (Fsp3) is 0.138. The molecular formula is C29H25N3O7. The molecule has 4 aromatic rings. The van der Waals surface area contributed by atoms with Crippen LogP contribution in [-0.4, -0.2) is 46.1 Å². The first-order chi connectivity index (χ1) is 18.9. The second-order valence-corrected chi connectivity index (χ2v) is 8.42. The molecule has 0 aliphatic heterocycles. The highest BCUT2D eigenvalue weighted by molar-refractivity contribution is 5.94. The molecule has 1 amide bonds. The number of nitrogens with one attached hydrogen (secondary N) is 1. The van der Waals surface area contributed by atoms with Crippen molar-refractivity contribution in [3.8, 4) is 22.8 Å². The largest absolute Gasteiger partial charge is 0.485 e. The van der Waals surface area contributed by atoms with E-state index in [9.17, 15) is 24.8 Å². The van der Waals surface area contributed by atoms with Crippen LogP contribution in [0.2, 0.25) is 0 Å². The average Bonchev–Trinajstić information content (AvgIpc) is 2.96. The van der Waals surface area contributed by atoms with Gasteiger partial charge in [-0.1, -0.05) is 42.5 Å². The quantitative estimate of drug-likeness (QED) is 0.155. The number of carboxylic acids is 1. The number of carbonyl (C=O) groups is 2. The average molecular weight is 528 g/mol. The van der Waals surface area contributed by atoms with Crippen molar-refractivity contribution in [1.82, 2.24) is 10.3 Å². The van der Waals surface area contributed by atoms with Crippen LogP contribution in [0.1, 0.15) is 15.9 Å². The molecule has 0 radical (unpaired) electrons. The lowest BCUT2D eigenvalue weighted by Crippen LogP contribution is -2.29. The van der Waals surface area contributed by atoms with E-state index < -0.39 is 17.0 Å². The minimum absolute atomic E-state index is 0.00713. The second kappa shape index (κ2) is 12.8. The lowest BCUT2D eigenvalue weighted by molar-refractivity contribution is -0.385. The van der Waals surface area contributed by atoms with Gasteiger partial charge in [0.15, 0.2) is 11.9 Å². The van der Waals surface area contributed by atoms with Crippen molar-refractivity contribution in [3.63, 3.8) is 0 Å². The van der Waals surface area contributed by atoms with Gasteiger partial charge in [0.05, 0.1) is 17.2 Å². The van der Waals surface area contributed by atoms with Crippen LogP contribution in [0, 0.1) is 10.1 Å². The Labute approximate surface area is 224 Å². The summed E-state index contributed by atoms with van der Waals surface area (Å²) in [5, 5.41) is 23.9. The maximum atomic E-state index is 12.5. The summed E-state index contributed by atoms with van der Waals surface area (Å²) >= 11 is 0. The van der Waals surface area contributed by atoms with Gasteiger partial charge in [-0.3, -0.25) is 19.9 Å². The molecule has 0 aliphatic rings. The van der Waals surface area contributed by atoms with E-state index in [-0.39, 0.29) is 36.9 Å². The molecule has 39 heavy (non-hydrogen) atoms. The summed E-state index contributed by atoms with van der Waals surface area (Å²) in [5.74, 6) is -1.11. The summed E-state index contributed by atoms with van der Waals surface area (Å²) in [6.07, 6.45) is 0.383. The first-order valence-corrected chi connectivity index (χ1v) is 12.0. The van der Waals surface area contributed by atoms with E-state index in [0.29, 0.717) is 16.9 Å². The number of aliphatic carboxylic acids is 1. The Balaban J connectivity index is 1.32. The molecule has 1 aromatic heterocycles. The predicted octanol–water partition coefficient (Wildman–Crippen LogP) is 4.54. The number of amides is 1. The van der Waals surface area contributed by atoms with Crippen molar-refractivity contribution in [2.45, 2.75) is 12.5 Å². The van der Waals surface area contributed by atoms with E-state index in [1.807, 2.05) is 18.2 Å². The molecule has 1 heterocycles. The molecule has 0 saturated heterocycles. The SMILES string of the molecule is O=C(NCCOc1ccc(CC(Oc2ccccc2)C(=O)O)cc1[N+](=O)[O-])c1ccc(-c2ccccn2)cc1. The third-order valence-corrected chi connectivity index (χ3v) is 5.69. The van der Waals surface area contributed by atoms with E-state index >= 15 is 0 Å². The van der Waals surface area contributed by atoms with Gasteiger partial charge in [-0.05, 0) is 48.0 Å². The molecule has 0 spiro atoms. The second-order valence-electron chi connectivity index (χ2n) is 8.42. The number of benzene rings is 3. The molecular weight excluding hydrogens is 502 g/mol. The molecule has 4 rings (SSSR count). The molecule has 1 atom stereocenters. The zero-order valence-corrected chi connectivity index (χ0v) is 20.7. The maximum absolute atomic E-state index is 12.5. The number of rotatable bonds is 12. The van der Waals surface area contributed by atoms with E-state index in [4.69, 9.17) is 9.47 Å². The van der Waals surface area contributed by atoms with Gasteiger partial charge < -0.3 is 19.9 Å². The molecule has 10 heteroatoms. The predicted molar refractivity (Wildman–Crippen MR) is 143 cm³/mol. The van der Waals surface area contributed by atoms with Crippen molar-refractivity contribution >= 4 is 17.6 Å². The van der Waals surface area contributed by atoms with Crippen molar-refractivity contribution < 1.29 is 29.1 Å². The molecule has 198 valence electrons. The van der Waals surface area contributed by atoms with Gasteiger partial charge in [-0.25, -0.2) is 4.79 Å². The van der Waals surface area contributed by atoms with Crippen LogP contribution in [0.5, 0.6) is 11.5 Å². The summed E-state index contributed by atoms with van der Waals surface area (Å²) in [7, 11) is 0. The highest BCUT2D eigenvalue weighted by Crippen LogP contribution is 2.29. The van der Waals surface area contributed by atoms with Gasteiger partial charge >= 0.3 is 11.7 Å². The van der Waals surface area contributed by atoms with Crippen LogP contribution in [0.15, 0.2) is 97.2 Å². The van der Waals surface area contributed by atoms with Gasteiger partial charge in [-0.15, -0.1) is 0 Å². The van der Waals surface area contributed by atoms with Gasteiger partial charge in [0.2, 0.25) is 0 Å². The third kappa shape index (κ3) is 7.39. The first-order valence-electron chi connectivity index (χ1n) is 12.0. The summed E-state index contributed by atoms with van der Waals surface area (Å²) < 4.78 is 11.1. The fourth-order valence-electron chi connectivity index (χ4n) is 3.76. The number of nitro groups is 1. The summed E-state index contributed by atoms with van der Waals surface area (Å²) in [6.45, 7) is 0.110. The normalized spacial score (nSPS) is 11.3. The van der Waals surface area contributed by atoms with Crippen LogP contribution in [0.3, 0.4) is 0 Å². The maximum Gasteiger partial charge on any atom is 0.345 e. The summed E-state index contributed by atoms with van der Waals surface area (Å²) in [5.41, 5.74) is 2.23. The fourth-order valence-corrected chi connectivity index (χ4v) is 3.76. The Morgan fingerprint density at radius 2 is 1.72 bits per heavy atom. The van der Waals surface area contributed by atoms with Gasteiger partial charge in [0, 0.05) is 29.8 Å². The Morgan fingerprint density at radius 1 is 0.974 bits per heavy atom. The van der Waals surface area contributed by atoms with Crippen LogP contribution in [0.25, 0.3) is 11.3 Å². The number of hydrogen-bond donors (Lipinski definition) is 2. The van der Waals surface area contributed by atoms with Crippen LogP contribution in [-0.2, 0) is 11.2 Å². The van der Waals surface area contributed by atoms with Crippen LogP contribution < -0.4 is 14.8 Å². The van der Waals surface area contributed by atoms with E-state index in [1.54, 1.807) is 66.9 Å². The minimum atomic E-state index is -1.23. The Bertz CT molecular complexity index is 1430. The van der Waals surface area contributed by atoms with Crippen molar-refractivity contribution in [1.29, 1.82) is 0 Å². The van der Waals surface area contributed by atoms with Crippen molar-refractivity contribution in [2.75, 3.05) is 13.2 Å². The highest BCUT2D eigenvalue weighted by Gasteiger charge is 2.23. The Morgan fingerprint density at radius 3 is 2.38 bits per heavy atom. The molecule has 2 N–H and O–H groups in total. The van der Waals surface area contributed by atoms with Gasteiger partial charge in [-0.2, -0.15) is 0 Å². The number of carboxylic acid groups (broad SMARTS) is 1. The summed E-state index contributed by atoms with van der Waals surface area (Å²) in [6, 6.07) is 25.3. The molecule has 0 bridgehead atoms. The number of nitro benzene ring substituents is 1. The van der Waals surface area contributed by atoms with Gasteiger partial charge in [0.25, 0.3) is 5.91 Å². The molecule has 0 saturated carbocycles. The molecule has 10 nitrogen and oxygen atoms in total. The zero-order valence-electron chi connectivity index (χ0n) is 20.7. The Hall–Kier alpha value is -5.25. The molecule has 0 fully saturated rings. The number of para-hydroxylation sites is 1. The molecule has 3 aromatic carbocycles. The van der Waals surface area contributed by atoms with Crippen LogP contribution in [0.4, 0.5) is 5.69 Å². The minimum Gasteiger partial charge on any atom is -0.485 e. The van der Waals surface area contributed by atoms with Crippen LogP contribution >= 0.6 is 0 Å². The number of pyridine rings is 1. The first kappa shape index (κ1) is 26.8. The van der Waals surface area contributed by atoms with Crippen molar-refractivity contribution in [2.24, 2.45) is 0 Å². The lowest BCUT2D eigenvalue weighted by atomic mass is 10.1. The topological polar surface area (TPSA) is 141 Å². The molecule has 0 aliphatic carbocycles. The number of hydrogen-bond acceptors (Lipinski definition) is 7. The highest BCUT2D eigenvalue weighted by atomic mass is 16.6. The standard InChI is InChI=1S/C29H25N3O7/c33-28(22-12-10-21(11-13-22)24-8-4-5-15-30-24)31-16-17-38-26-14-9-20(18-25(26)32(36)37)19-27(29(34)35)39-23-6-2-1-3-7-23/h1-15,18,27H,16-17,19H2,(H,31,33)(H,34,35). The number of ether oxygens (including phenoxy) is 2. The smallest absolute Gasteiger partial charge is 0.345 e. The number of nitrogens with zero attached hydrogens (tertiary/aromatic N) is 2.